The molecule has 4 rings (SSSR count). The number of hydrogen-bond donors (Lipinski definition) is 1. The van der Waals surface area contributed by atoms with E-state index in [1.54, 1.807) is 42.5 Å². The minimum atomic E-state index is -4.19. The quantitative estimate of drug-likeness (QED) is 0.192. The third-order valence-electron chi connectivity index (χ3n) is 7.68. The molecule has 0 fully saturated rings. The first-order chi connectivity index (χ1) is 21.6. The molecule has 2 amide bonds. The Kier molecular flexibility index (Phi) is 11.4. The molecule has 0 saturated heterocycles. The number of amides is 2. The molecule has 9 heteroatoms. The van der Waals surface area contributed by atoms with Gasteiger partial charge >= 0.3 is 0 Å². The fourth-order valence-corrected chi connectivity index (χ4v) is 6.41. The predicted molar refractivity (Wildman–Crippen MR) is 178 cm³/mol. The summed E-state index contributed by atoms with van der Waals surface area (Å²) in [7, 11) is -2.68. The molecule has 0 bridgehead atoms. The molecule has 4 aromatic rings. The Morgan fingerprint density at radius 1 is 0.844 bits per heavy atom. The van der Waals surface area contributed by atoms with Gasteiger partial charge in [0.2, 0.25) is 11.8 Å². The van der Waals surface area contributed by atoms with Crippen molar-refractivity contribution in [1.29, 1.82) is 0 Å². The van der Waals surface area contributed by atoms with Gasteiger partial charge in [-0.15, -0.1) is 0 Å². The van der Waals surface area contributed by atoms with Crippen LogP contribution >= 0.6 is 0 Å². The van der Waals surface area contributed by atoms with Gasteiger partial charge in [-0.25, -0.2) is 8.42 Å². The second-order valence-electron chi connectivity index (χ2n) is 11.1. The van der Waals surface area contributed by atoms with Crippen molar-refractivity contribution < 1.29 is 22.7 Å². The van der Waals surface area contributed by atoms with Crippen LogP contribution in [-0.4, -0.2) is 50.9 Å². The van der Waals surface area contributed by atoms with Crippen LogP contribution in [0, 0.1) is 6.92 Å². The number of sulfonamides is 1. The van der Waals surface area contributed by atoms with E-state index in [-0.39, 0.29) is 29.8 Å². The van der Waals surface area contributed by atoms with Gasteiger partial charge in [-0.1, -0.05) is 85.3 Å². The van der Waals surface area contributed by atoms with Gasteiger partial charge in [0.1, 0.15) is 18.3 Å². The van der Waals surface area contributed by atoms with Crippen molar-refractivity contribution in [3.8, 4) is 5.75 Å². The van der Waals surface area contributed by atoms with E-state index in [1.165, 1.54) is 24.1 Å². The van der Waals surface area contributed by atoms with Crippen LogP contribution in [0.2, 0.25) is 0 Å². The second kappa shape index (κ2) is 15.4. The Hall–Kier alpha value is -4.63. The molecule has 0 saturated carbocycles. The van der Waals surface area contributed by atoms with E-state index < -0.39 is 28.5 Å². The standard InChI is InChI=1S/C36H41N3O5S/c1-5-28(3)37-36(41)34(24-29-14-8-6-9-15-29)38(25-30-16-12-13-27(2)23-30)35(40)26-39(31-17-10-7-11-18-31)45(42,43)33-21-19-32(44-4)20-22-33/h6-23,28,34H,5,24-26H2,1-4H3,(H,37,41)/t28-,34+/m0/s1. The normalized spacial score (nSPS) is 12.5. The van der Waals surface area contributed by atoms with Crippen molar-refractivity contribution in [2.45, 2.75) is 57.1 Å². The smallest absolute Gasteiger partial charge is 0.264 e. The predicted octanol–water partition coefficient (Wildman–Crippen LogP) is 5.75. The van der Waals surface area contributed by atoms with Gasteiger partial charge in [0.15, 0.2) is 0 Å². The third-order valence-corrected chi connectivity index (χ3v) is 9.47. The molecular weight excluding hydrogens is 586 g/mol. The molecule has 0 radical (unpaired) electrons. The molecule has 0 aliphatic carbocycles. The number of benzene rings is 4. The Morgan fingerprint density at radius 2 is 1.47 bits per heavy atom. The monoisotopic (exact) mass is 627 g/mol. The van der Waals surface area contributed by atoms with Crippen LogP contribution in [0.4, 0.5) is 5.69 Å². The number of rotatable bonds is 14. The number of methoxy groups -OCH3 is 1. The van der Waals surface area contributed by atoms with Crippen LogP contribution in [0.5, 0.6) is 5.75 Å². The highest BCUT2D eigenvalue weighted by atomic mass is 32.2. The summed E-state index contributed by atoms with van der Waals surface area (Å²) in [5.41, 5.74) is 3.06. The molecule has 8 nitrogen and oxygen atoms in total. The highest BCUT2D eigenvalue weighted by Gasteiger charge is 2.35. The first-order valence-corrected chi connectivity index (χ1v) is 16.5. The molecule has 0 aliphatic heterocycles. The van der Waals surface area contributed by atoms with Crippen molar-refractivity contribution in [2.75, 3.05) is 18.0 Å². The Morgan fingerprint density at radius 3 is 2.07 bits per heavy atom. The summed E-state index contributed by atoms with van der Waals surface area (Å²) >= 11 is 0. The highest BCUT2D eigenvalue weighted by Crippen LogP contribution is 2.26. The van der Waals surface area contributed by atoms with Crippen LogP contribution in [0.3, 0.4) is 0 Å². The number of nitrogens with one attached hydrogen (secondary N) is 1. The molecule has 45 heavy (non-hydrogen) atoms. The van der Waals surface area contributed by atoms with Crippen LogP contribution < -0.4 is 14.4 Å². The first kappa shape index (κ1) is 33.3. The van der Waals surface area contributed by atoms with E-state index in [0.29, 0.717) is 11.4 Å². The van der Waals surface area contributed by atoms with E-state index >= 15 is 0 Å². The number of para-hydroxylation sites is 1. The van der Waals surface area contributed by atoms with Crippen molar-refractivity contribution in [3.63, 3.8) is 0 Å². The first-order valence-electron chi connectivity index (χ1n) is 15.0. The molecular formula is C36H41N3O5S. The van der Waals surface area contributed by atoms with Crippen LogP contribution in [-0.2, 0) is 32.6 Å². The average Bonchev–Trinajstić information content (AvgIpc) is 3.05. The Bertz CT molecular complexity index is 1660. The van der Waals surface area contributed by atoms with Crippen LogP contribution in [0.25, 0.3) is 0 Å². The van der Waals surface area contributed by atoms with Gasteiger partial charge < -0.3 is 15.0 Å². The molecule has 0 aromatic heterocycles. The van der Waals surface area contributed by atoms with Gasteiger partial charge in [0.05, 0.1) is 17.7 Å². The van der Waals surface area contributed by atoms with Crippen molar-refractivity contribution in [3.05, 3.63) is 126 Å². The topological polar surface area (TPSA) is 96.0 Å². The lowest BCUT2D eigenvalue weighted by molar-refractivity contribution is -0.140. The fraction of sp³-hybridized carbons (Fsp3) is 0.278. The maximum absolute atomic E-state index is 14.5. The van der Waals surface area contributed by atoms with E-state index in [2.05, 4.69) is 5.32 Å². The average molecular weight is 628 g/mol. The van der Waals surface area contributed by atoms with Gasteiger partial charge in [-0.05, 0) is 67.8 Å². The molecule has 1 N–H and O–H groups in total. The third kappa shape index (κ3) is 8.73. The molecule has 0 heterocycles. The number of ether oxygens (including phenoxy) is 1. The molecule has 4 aromatic carbocycles. The summed E-state index contributed by atoms with van der Waals surface area (Å²) in [6.07, 6.45) is 0.981. The number of anilines is 1. The highest BCUT2D eigenvalue weighted by molar-refractivity contribution is 7.92. The van der Waals surface area contributed by atoms with E-state index in [9.17, 15) is 18.0 Å². The lowest BCUT2D eigenvalue weighted by Crippen LogP contribution is -2.54. The second-order valence-corrected chi connectivity index (χ2v) is 12.9. The van der Waals surface area contributed by atoms with E-state index in [0.717, 1.165) is 27.4 Å². The molecule has 0 unspecified atom stereocenters. The van der Waals surface area contributed by atoms with Crippen molar-refractivity contribution >= 4 is 27.5 Å². The maximum atomic E-state index is 14.5. The van der Waals surface area contributed by atoms with Crippen molar-refractivity contribution in [2.24, 2.45) is 0 Å². The zero-order chi connectivity index (χ0) is 32.4. The lowest BCUT2D eigenvalue weighted by atomic mass is 10.0. The molecule has 236 valence electrons. The van der Waals surface area contributed by atoms with Gasteiger partial charge in [-0.3, -0.25) is 13.9 Å². The van der Waals surface area contributed by atoms with E-state index in [1.807, 2.05) is 75.4 Å². The Labute approximate surface area is 266 Å². The van der Waals surface area contributed by atoms with Gasteiger partial charge in [0.25, 0.3) is 10.0 Å². The molecule has 0 aliphatic rings. The SMILES string of the molecule is CC[C@H](C)NC(=O)[C@@H](Cc1ccccc1)N(Cc1cccc(C)c1)C(=O)CN(c1ccccc1)S(=O)(=O)c1ccc(OC)cc1. The zero-order valence-electron chi connectivity index (χ0n) is 26.2. The number of hydrogen-bond acceptors (Lipinski definition) is 5. The largest absolute Gasteiger partial charge is 0.497 e. The minimum absolute atomic E-state index is 0.0144. The lowest BCUT2D eigenvalue weighted by Gasteiger charge is -2.34. The molecule has 0 spiro atoms. The van der Waals surface area contributed by atoms with Crippen LogP contribution in [0.15, 0.2) is 114 Å². The summed E-state index contributed by atoms with van der Waals surface area (Å²) in [6, 6.07) is 30.8. The number of nitrogens with zero attached hydrogens (tertiary/aromatic N) is 2. The number of aryl methyl sites for hydroxylation is 1. The number of carbonyl (C=O) groups is 2. The van der Waals surface area contributed by atoms with E-state index in [4.69, 9.17) is 4.74 Å². The maximum Gasteiger partial charge on any atom is 0.264 e. The summed E-state index contributed by atoms with van der Waals surface area (Å²) in [5, 5.41) is 3.06. The molecule has 2 atom stereocenters. The minimum Gasteiger partial charge on any atom is -0.497 e. The summed E-state index contributed by atoms with van der Waals surface area (Å²) in [6.45, 7) is 5.48. The Balaban J connectivity index is 1.79. The summed E-state index contributed by atoms with van der Waals surface area (Å²) < 4.78 is 34.5. The summed E-state index contributed by atoms with van der Waals surface area (Å²) in [5.74, 6) is -0.284. The van der Waals surface area contributed by atoms with Crippen molar-refractivity contribution in [1.82, 2.24) is 10.2 Å². The summed E-state index contributed by atoms with van der Waals surface area (Å²) in [4.78, 5) is 29.9. The van der Waals surface area contributed by atoms with Gasteiger partial charge in [0, 0.05) is 19.0 Å². The van der Waals surface area contributed by atoms with Crippen LogP contribution in [0.1, 0.15) is 37.0 Å². The van der Waals surface area contributed by atoms with Gasteiger partial charge in [-0.2, -0.15) is 0 Å². The fourth-order valence-electron chi connectivity index (χ4n) is 5.00. The number of carbonyl (C=O) groups excluding carboxylic acids is 2. The zero-order valence-corrected chi connectivity index (χ0v) is 27.0.